The van der Waals surface area contributed by atoms with Crippen LogP contribution in [0.3, 0.4) is 0 Å². The van der Waals surface area contributed by atoms with E-state index < -0.39 is 0 Å². The molecule has 1 aliphatic heterocycles. The van der Waals surface area contributed by atoms with Crippen LogP contribution >= 0.6 is 11.3 Å². The second-order valence-corrected chi connectivity index (χ2v) is 9.72. The minimum absolute atomic E-state index is 0.0564. The van der Waals surface area contributed by atoms with Gasteiger partial charge in [0.25, 0.3) is 0 Å². The highest BCUT2D eigenvalue weighted by atomic mass is 32.1. The van der Waals surface area contributed by atoms with Gasteiger partial charge in [-0.05, 0) is 61.5 Å². The van der Waals surface area contributed by atoms with Gasteiger partial charge >= 0.3 is 0 Å². The van der Waals surface area contributed by atoms with Crippen molar-refractivity contribution in [3.05, 3.63) is 100 Å². The normalized spacial score (nSPS) is 16.0. The standard InChI is InChI=1S/C28H29N3OS/c32-28(23-15-18-31(19-16-23)17-14-21-7-2-1-3-8-21)30-27(26-11-6-20-33-26)25-13-12-22-9-4-5-10-24(22)29-25/h1-13,20,23,27H,14-19H2,(H,30,32). The average Bonchev–Trinajstić information content (AvgIpc) is 3.41. The van der Waals surface area contributed by atoms with Crippen molar-refractivity contribution in [1.82, 2.24) is 15.2 Å². The molecule has 1 fully saturated rings. The highest BCUT2D eigenvalue weighted by Crippen LogP contribution is 2.28. The first-order valence-electron chi connectivity index (χ1n) is 11.7. The lowest BCUT2D eigenvalue weighted by Crippen LogP contribution is -2.42. The van der Waals surface area contributed by atoms with Crippen LogP contribution in [0.15, 0.2) is 84.2 Å². The maximum atomic E-state index is 13.3. The van der Waals surface area contributed by atoms with Crippen molar-refractivity contribution in [3.8, 4) is 0 Å². The van der Waals surface area contributed by atoms with Crippen molar-refractivity contribution < 1.29 is 4.79 Å². The number of para-hydroxylation sites is 1. The number of rotatable bonds is 7. The number of thiophene rings is 1. The van der Waals surface area contributed by atoms with Crippen LogP contribution in [0.4, 0.5) is 0 Å². The summed E-state index contributed by atoms with van der Waals surface area (Å²) in [6.45, 7) is 3.00. The first kappa shape index (κ1) is 21.8. The summed E-state index contributed by atoms with van der Waals surface area (Å²) in [7, 11) is 0. The first-order valence-corrected chi connectivity index (χ1v) is 12.6. The number of amides is 1. The Balaban J connectivity index is 1.23. The van der Waals surface area contributed by atoms with E-state index in [4.69, 9.17) is 4.98 Å². The molecule has 168 valence electrons. The summed E-state index contributed by atoms with van der Waals surface area (Å²) in [6, 6.07) is 26.8. The molecule has 1 unspecified atom stereocenters. The Morgan fingerprint density at radius 1 is 0.970 bits per heavy atom. The lowest BCUT2D eigenvalue weighted by Gasteiger charge is -2.32. The molecule has 33 heavy (non-hydrogen) atoms. The minimum Gasteiger partial charge on any atom is -0.343 e. The number of pyridine rings is 1. The number of hydrogen-bond donors (Lipinski definition) is 1. The van der Waals surface area contributed by atoms with E-state index in [-0.39, 0.29) is 17.9 Å². The summed E-state index contributed by atoms with van der Waals surface area (Å²) in [4.78, 5) is 21.8. The van der Waals surface area contributed by atoms with Crippen molar-refractivity contribution in [2.75, 3.05) is 19.6 Å². The van der Waals surface area contributed by atoms with Gasteiger partial charge in [0.05, 0.1) is 11.2 Å². The maximum Gasteiger partial charge on any atom is 0.224 e. The molecule has 5 rings (SSSR count). The Morgan fingerprint density at radius 2 is 1.76 bits per heavy atom. The van der Waals surface area contributed by atoms with Crippen molar-refractivity contribution in [3.63, 3.8) is 0 Å². The predicted octanol–water partition coefficient (Wildman–Crippen LogP) is 5.46. The summed E-state index contributed by atoms with van der Waals surface area (Å²) >= 11 is 1.66. The van der Waals surface area contributed by atoms with Crippen LogP contribution in [-0.4, -0.2) is 35.4 Å². The van der Waals surface area contributed by atoms with Gasteiger partial charge < -0.3 is 10.2 Å². The molecule has 2 aromatic carbocycles. The lowest BCUT2D eigenvalue weighted by molar-refractivity contribution is -0.127. The molecule has 1 amide bonds. The molecule has 1 atom stereocenters. The number of aromatic nitrogens is 1. The van der Waals surface area contributed by atoms with E-state index in [1.54, 1.807) is 11.3 Å². The zero-order valence-electron chi connectivity index (χ0n) is 18.7. The summed E-state index contributed by atoms with van der Waals surface area (Å²) in [6.07, 6.45) is 2.87. The van der Waals surface area contributed by atoms with Gasteiger partial charge in [-0.1, -0.05) is 60.7 Å². The number of fused-ring (bicyclic) bond motifs is 1. The van der Waals surface area contributed by atoms with Gasteiger partial charge in [-0.25, -0.2) is 0 Å². The monoisotopic (exact) mass is 455 g/mol. The van der Waals surface area contributed by atoms with Gasteiger partial charge in [0, 0.05) is 22.7 Å². The smallest absolute Gasteiger partial charge is 0.224 e. The van der Waals surface area contributed by atoms with Gasteiger partial charge in [-0.2, -0.15) is 0 Å². The van der Waals surface area contributed by atoms with Crippen molar-refractivity contribution in [2.24, 2.45) is 5.92 Å². The summed E-state index contributed by atoms with van der Waals surface area (Å²) < 4.78 is 0. The molecule has 1 N–H and O–H groups in total. The van der Waals surface area contributed by atoms with E-state index >= 15 is 0 Å². The molecule has 4 nitrogen and oxygen atoms in total. The van der Waals surface area contributed by atoms with Crippen molar-refractivity contribution in [1.29, 1.82) is 0 Å². The molecule has 0 saturated carbocycles. The number of benzene rings is 2. The molecule has 3 heterocycles. The van der Waals surface area contributed by atoms with Gasteiger partial charge in [0.1, 0.15) is 6.04 Å². The molecule has 5 heteroatoms. The molecule has 0 bridgehead atoms. The molecule has 0 spiro atoms. The van der Waals surface area contributed by atoms with E-state index in [9.17, 15) is 4.79 Å². The van der Waals surface area contributed by atoms with Crippen LogP contribution in [0, 0.1) is 5.92 Å². The number of carbonyl (C=O) groups excluding carboxylic acids is 1. The molecule has 4 aromatic rings. The van der Waals surface area contributed by atoms with Crippen molar-refractivity contribution >= 4 is 28.1 Å². The molecule has 1 aliphatic rings. The van der Waals surface area contributed by atoms with E-state index in [0.29, 0.717) is 0 Å². The second-order valence-electron chi connectivity index (χ2n) is 8.74. The Kier molecular flexibility index (Phi) is 6.79. The third kappa shape index (κ3) is 5.32. The number of nitrogens with one attached hydrogen (secondary N) is 1. The third-order valence-corrected chi connectivity index (χ3v) is 7.49. The van der Waals surface area contributed by atoms with E-state index in [0.717, 1.165) is 60.4 Å². The van der Waals surface area contributed by atoms with Gasteiger partial charge in [-0.3, -0.25) is 9.78 Å². The fraction of sp³-hybridized carbons (Fsp3) is 0.286. The number of likely N-dealkylation sites (tertiary alicyclic amines) is 1. The minimum atomic E-state index is -0.210. The SMILES string of the molecule is O=C(NC(c1ccc2ccccc2n1)c1cccs1)C1CCN(CCc2ccccc2)CC1. The Morgan fingerprint density at radius 3 is 2.55 bits per heavy atom. The number of carbonyl (C=O) groups is 1. The molecule has 0 radical (unpaired) electrons. The summed E-state index contributed by atoms with van der Waals surface area (Å²) in [5.74, 6) is 0.201. The number of hydrogen-bond acceptors (Lipinski definition) is 4. The molecule has 1 saturated heterocycles. The van der Waals surface area contributed by atoms with Crippen LogP contribution < -0.4 is 5.32 Å². The first-order chi connectivity index (χ1) is 16.3. The number of nitrogens with zero attached hydrogens (tertiary/aromatic N) is 2. The second kappa shape index (κ2) is 10.3. The van der Waals surface area contributed by atoms with E-state index in [1.165, 1.54) is 5.56 Å². The van der Waals surface area contributed by atoms with Gasteiger partial charge in [0.2, 0.25) is 5.91 Å². The fourth-order valence-electron chi connectivity index (χ4n) is 4.60. The molecule has 2 aromatic heterocycles. The maximum absolute atomic E-state index is 13.3. The number of piperidine rings is 1. The van der Waals surface area contributed by atoms with E-state index in [2.05, 4.69) is 64.1 Å². The average molecular weight is 456 g/mol. The molecular weight excluding hydrogens is 426 g/mol. The summed E-state index contributed by atoms with van der Waals surface area (Å²) in [5.41, 5.74) is 3.22. The van der Waals surface area contributed by atoms with Crippen LogP contribution in [0.1, 0.15) is 35.0 Å². The highest BCUT2D eigenvalue weighted by molar-refractivity contribution is 7.10. The summed E-state index contributed by atoms with van der Waals surface area (Å²) in [5, 5.41) is 6.50. The Bertz CT molecular complexity index is 1180. The molecular formula is C28H29N3OS. The predicted molar refractivity (Wildman–Crippen MR) is 135 cm³/mol. The quantitative estimate of drug-likeness (QED) is 0.403. The van der Waals surface area contributed by atoms with Crippen LogP contribution in [0.5, 0.6) is 0 Å². The highest BCUT2D eigenvalue weighted by Gasteiger charge is 2.28. The van der Waals surface area contributed by atoms with Crippen LogP contribution in [0.25, 0.3) is 10.9 Å². The topological polar surface area (TPSA) is 45.2 Å². The van der Waals surface area contributed by atoms with E-state index in [1.807, 2.05) is 30.3 Å². The van der Waals surface area contributed by atoms with Gasteiger partial charge in [-0.15, -0.1) is 11.3 Å². The fourth-order valence-corrected chi connectivity index (χ4v) is 5.39. The molecule has 0 aliphatic carbocycles. The van der Waals surface area contributed by atoms with Crippen LogP contribution in [-0.2, 0) is 11.2 Å². The third-order valence-electron chi connectivity index (χ3n) is 6.55. The van der Waals surface area contributed by atoms with Gasteiger partial charge in [0.15, 0.2) is 0 Å². The largest absolute Gasteiger partial charge is 0.343 e. The zero-order chi connectivity index (χ0) is 22.5. The zero-order valence-corrected chi connectivity index (χ0v) is 19.5. The lowest BCUT2D eigenvalue weighted by atomic mass is 9.95. The van der Waals surface area contributed by atoms with Crippen molar-refractivity contribution in [2.45, 2.75) is 25.3 Å². The Hall–Kier alpha value is -3.02. The Labute approximate surface area is 199 Å². The van der Waals surface area contributed by atoms with Crippen LogP contribution in [0.2, 0.25) is 0 Å².